The summed E-state index contributed by atoms with van der Waals surface area (Å²) in [5, 5.41) is 8.95. The van der Waals surface area contributed by atoms with E-state index in [0.717, 1.165) is 23.9 Å². The minimum absolute atomic E-state index is 0. The van der Waals surface area contributed by atoms with Crippen LogP contribution in [0, 0.1) is 0 Å². The third kappa shape index (κ3) is 3.04. The summed E-state index contributed by atoms with van der Waals surface area (Å²) in [6.45, 7) is 3.08. The van der Waals surface area contributed by atoms with Crippen LogP contribution in [0.3, 0.4) is 0 Å². The number of rotatable bonds is 4. The van der Waals surface area contributed by atoms with Gasteiger partial charge in [-0.25, -0.2) is 0 Å². The van der Waals surface area contributed by atoms with Crippen LogP contribution in [0.5, 0.6) is 0 Å². The van der Waals surface area contributed by atoms with E-state index in [2.05, 4.69) is 21.7 Å². The molecule has 0 atom stereocenters. The van der Waals surface area contributed by atoms with Crippen LogP contribution in [-0.4, -0.2) is 21.0 Å². The molecule has 3 nitrogen and oxygen atoms in total. The standard InChI is InChI=1S/C7H12ClN3S.ClH/c1-3-4-11-6(5-8)9-10-7(11)12-2;/h3-5H2,1-2H3;1H. The predicted molar refractivity (Wildman–Crippen MR) is 58.9 cm³/mol. The van der Waals surface area contributed by atoms with Gasteiger partial charge in [-0.15, -0.1) is 34.2 Å². The number of thioether (sulfide) groups is 1. The van der Waals surface area contributed by atoms with Crippen molar-refractivity contribution in [1.29, 1.82) is 0 Å². The average molecular weight is 242 g/mol. The van der Waals surface area contributed by atoms with Crippen molar-refractivity contribution in [2.45, 2.75) is 30.9 Å². The lowest BCUT2D eigenvalue weighted by atomic mass is 10.5. The summed E-state index contributed by atoms with van der Waals surface area (Å²) in [5.41, 5.74) is 0. The Hall–Kier alpha value is 0.0700. The zero-order valence-electron chi connectivity index (χ0n) is 7.66. The fourth-order valence-corrected chi connectivity index (χ4v) is 1.75. The van der Waals surface area contributed by atoms with Gasteiger partial charge in [-0.1, -0.05) is 18.7 Å². The van der Waals surface area contributed by atoms with Crippen LogP contribution >= 0.6 is 35.8 Å². The van der Waals surface area contributed by atoms with E-state index in [1.54, 1.807) is 11.8 Å². The van der Waals surface area contributed by atoms with Crippen LogP contribution < -0.4 is 0 Å². The van der Waals surface area contributed by atoms with Crippen molar-refractivity contribution in [3.8, 4) is 0 Å². The number of nitrogens with zero attached hydrogens (tertiary/aromatic N) is 3. The van der Waals surface area contributed by atoms with Gasteiger partial charge in [-0.3, -0.25) is 0 Å². The highest BCUT2D eigenvalue weighted by Crippen LogP contribution is 2.14. The first-order valence-corrected chi connectivity index (χ1v) is 5.61. The summed E-state index contributed by atoms with van der Waals surface area (Å²) in [6, 6.07) is 0. The molecular formula is C7H13Cl2N3S. The molecule has 0 aliphatic heterocycles. The van der Waals surface area contributed by atoms with Crippen molar-refractivity contribution in [3.63, 3.8) is 0 Å². The molecule has 1 aromatic heterocycles. The zero-order chi connectivity index (χ0) is 8.97. The van der Waals surface area contributed by atoms with Gasteiger partial charge in [0.05, 0.1) is 5.88 Å². The third-order valence-electron chi connectivity index (χ3n) is 1.54. The number of aromatic nitrogens is 3. The summed E-state index contributed by atoms with van der Waals surface area (Å²) >= 11 is 7.31. The summed E-state index contributed by atoms with van der Waals surface area (Å²) < 4.78 is 2.07. The minimum Gasteiger partial charge on any atom is -0.305 e. The lowest BCUT2D eigenvalue weighted by molar-refractivity contribution is 0.603. The summed E-state index contributed by atoms with van der Waals surface area (Å²) in [7, 11) is 0. The van der Waals surface area contributed by atoms with E-state index < -0.39 is 0 Å². The van der Waals surface area contributed by atoms with E-state index in [9.17, 15) is 0 Å². The fraction of sp³-hybridized carbons (Fsp3) is 0.714. The maximum Gasteiger partial charge on any atom is 0.190 e. The molecule has 0 aliphatic rings. The molecule has 1 aromatic rings. The number of hydrogen-bond acceptors (Lipinski definition) is 3. The first kappa shape index (κ1) is 13.1. The molecule has 0 N–H and O–H groups in total. The van der Waals surface area contributed by atoms with E-state index >= 15 is 0 Å². The van der Waals surface area contributed by atoms with Gasteiger partial charge in [0.1, 0.15) is 5.82 Å². The maximum atomic E-state index is 5.71. The van der Waals surface area contributed by atoms with E-state index in [1.165, 1.54) is 0 Å². The molecule has 0 fully saturated rings. The number of hydrogen-bond donors (Lipinski definition) is 0. The van der Waals surface area contributed by atoms with Gasteiger partial charge < -0.3 is 4.57 Å². The molecule has 0 aromatic carbocycles. The van der Waals surface area contributed by atoms with E-state index in [4.69, 9.17) is 11.6 Å². The highest BCUT2D eigenvalue weighted by molar-refractivity contribution is 7.98. The predicted octanol–water partition coefficient (Wildman–Crippen LogP) is 2.57. The average Bonchev–Trinajstić information content (AvgIpc) is 2.48. The van der Waals surface area contributed by atoms with Crippen molar-refractivity contribution in [2.24, 2.45) is 0 Å². The Morgan fingerprint density at radius 3 is 2.62 bits per heavy atom. The van der Waals surface area contributed by atoms with E-state index in [-0.39, 0.29) is 12.4 Å². The second-order valence-electron chi connectivity index (χ2n) is 2.39. The normalized spacial score (nSPS) is 9.77. The molecule has 0 saturated carbocycles. The van der Waals surface area contributed by atoms with Gasteiger partial charge in [-0.05, 0) is 12.7 Å². The van der Waals surface area contributed by atoms with Gasteiger partial charge in [0.15, 0.2) is 5.16 Å². The molecule has 6 heteroatoms. The lowest BCUT2D eigenvalue weighted by Gasteiger charge is -2.04. The minimum atomic E-state index is 0. The molecule has 0 bridgehead atoms. The molecular weight excluding hydrogens is 229 g/mol. The number of halogens is 2. The Labute approximate surface area is 93.7 Å². The molecule has 0 spiro atoms. The van der Waals surface area contributed by atoms with Crippen molar-refractivity contribution in [2.75, 3.05) is 6.26 Å². The van der Waals surface area contributed by atoms with Crippen LogP contribution in [0.15, 0.2) is 5.16 Å². The zero-order valence-corrected chi connectivity index (χ0v) is 10.0. The Bertz CT molecular complexity index is 230. The second-order valence-corrected chi connectivity index (χ2v) is 3.43. The largest absolute Gasteiger partial charge is 0.305 e. The van der Waals surface area contributed by atoms with Gasteiger partial charge in [0.25, 0.3) is 0 Å². The Balaban J connectivity index is 0.00000144. The van der Waals surface area contributed by atoms with Crippen LogP contribution in [-0.2, 0) is 12.4 Å². The highest BCUT2D eigenvalue weighted by Gasteiger charge is 2.08. The molecule has 76 valence electrons. The van der Waals surface area contributed by atoms with Crippen molar-refractivity contribution >= 4 is 35.8 Å². The smallest absolute Gasteiger partial charge is 0.190 e. The van der Waals surface area contributed by atoms with E-state index in [1.807, 2.05) is 6.26 Å². The third-order valence-corrected chi connectivity index (χ3v) is 2.45. The van der Waals surface area contributed by atoms with Crippen LogP contribution in [0.2, 0.25) is 0 Å². The van der Waals surface area contributed by atoms with Gasteiger partial charge in [-0.2, -0.15) is 0 Å². The Kier molecular flexibility index (Phi) is 6.55. The lowest BCUT2D eigenvalue weighted by Crippen LogP contribution is -2.02. The summed E-state index contributed by atoms with van der Waals surface area (Å²) in [4.78, 5) is 0. The number of alkyl halides is 1. The van der Waals surface area contributed by atoms with Crippen molar-refractivity contribution < 1.29 is 0 Å². The molecule has 0 saturated heterocycles. The quantitative estimate of drug-likeness (QED) is 0.600. The second kappa shape index (κ2) is 6.51. The molecule has 1 heterocycles. The summed E-state index contributed by atoms with van der Waals surface area (Å²) in [6.07, 6.45) is 3.07. The topological polar surface area (TPSA) is 30.7 Å². The van der Waals surface area contributed by atoms with E-state index in [0.29, 0.717) is 5.88 Å². The monoisotopic (exact) mass is 241 g/mol. The Morgan fingerprint density at radius 1 is 1.46 bits per heavy atom. The van der Waals surface area contributed by atoms with Gasteiger partial charge in [0.2, 0.25) is 0 Å². The molecule has 0 radical (unpaired) electrons. The fourth-order valence-electron chi connectivity index (χ4n) is 1.02. The first-order chi connectivity index (χ1) is 5.83. The molecule has 0 unspecified atom stereocenters. The van der Waals surface area contributed by atoms with Gasteiger partial charge >= 0.3 is 0 Å². The summed E-state index contributed by atoms with van der Waals surface area (Å²) in [5.74, 6) is 1.30. The first-order valence-electron chi connectivity index (χ1n) is 3.85. The molecule has 0 aliphatic carbocycles. The maximum absolute atomic E-state index is 5.71. The Morgan fingerprint density at radius 2 is 2.15 bits per heavy atom. The van der Waals surface area contributed by atoms with Crippen LogP contribution in [0.25, 0.3) is 0 Å². The van der Waals surface area contributed by atoms with Gasteiger partial charge in [0, 0.05) is 6.54 Å². The van der Waals surface area contributed by atoms with Crippen LogP contribution in [0.1, 0.15) is 19.2 Å². The molecule has 0 amide bonds. The SMILES string of the molecule is CCCn1c(CCl)nnc1SC.Cl. The van der Waals surface area contributed by atoms with Crippen molar-refractivity contribution in [1.82, 2.24) is 14.8 Å². The van der Waals surface area contributed by atoms with Crippen molar-refractivity contribution in [3.05, 3.63) is 5.82 Å². The van der Waals surface area contributed by atoms with Crippen LogP contribution in [0.4, 0.5) is 0 Å². The molecule has 1 rings (SSSR count). The molecule has 13 heavy (non-hydrogen) atoms. The highest BCUT2D eigenvalue weighted by atomic mass is 35.5.